The first-order valence-corrected chi connectivity index (χ1v) is 9.78. The number of rotatable bonds is 3. The van der Waals surface area contributed by atoms with Crippen LogP contribution in [0.5, 0.6) is 0 Å². The number of ether oxygens (including phenoxy) is 1. The monoisotopic (exact) mass is 394 g/mol. The van der Waals surface area contributed by atoms with Gasteiger partial charge in [-0.3, -0.25) is 9.78 Å². The van der Waals surface area contributed by atoms with Crippen molar-refractivity contribution < 1.29 is 9.53 Å². The maximum absolute atomic E-state index is 12.5. The van der Waals surface area contributed by atoms with E-state index in [1.807, 2.05) is 12.1 Å². The van der Waals surface area contributed by atoms with E-state index >= 15 is 0 Å². The number of nitrogens with zero attached hydrogens (tertiary/aromatic N) is 5. The van der Waals surface area contributed by atoms with E-state index in [0.29, 0.717) is 18.8 Å². The first kappa shape index (κ1) is 17.2. The van der Waals surface area contributed by atoms with Crippen molar-refractivity contribution in [3.05, 3.63) is 52.7 Å². The lowest BCUT2D eigenvalue weighted by atomic mass is 9.94. The van der Waals surface area contributed by atoms with Crippen LogP contribution in [0.1, 0.15) is 40.5 Å². The highest BCUT2D eigenvalue weighted by molar-refractivity contribution is 7.19. The Kier molecular flexibility index (Phi) is 3.88. The molecule has 0 spiro atoms. The number of fused-ring (bicyclic) bond motifs is 5. The fourth-order valence-corrected chi connectivity index (χ4v) is 4.47. The molecule has 0 radical (unpaired) electrons. The summed E-state index contributed by atoms with van der Waals surface area (Å²) in [4.78, 5) is 27.7. The highest BCUT2D eigenvalue weighted by Gasteiger charge is 2.31. The van der Waals surface area contributed by atoms with Crippen LogP contribution in [0.4, 0.5) is 0 Å². The Morgan fingerprint density at radius 3 is 3.14 bits per heavy atom. The largest absolute Gasteiger partial charge is 0.370 e. The van der Waals surface area contributed by atoms with Gasteiger partial charge in [-0.15, -0.1) is 16.4 Å². The van der Waals surface area contributed by atoms with Gasteiger partial charge in [0.15, 0.2) is 5.65 Å². The molecule has 8 nitrogen and oxygen atoms in total. The summed E-state index contributed by atoms with van der Waals surface area (Å²) < 4.78 is 7.50. The molecule has 0 aromatic carbocycles. The minimum atomic E-state index is -0.325. The summed E-state index contributed by atoms with van der Waals surface area (Å²) in [5, 5.41) is 8.14. The van der Waals surface area contributed by atoms with Gasteiger partial charge in [-0.2, -0.15) is 0 Å². The molecule has 5 rings (SSSR count). The molecule has 0 bridgehead atoms. The van der Waals surface area contributed by atoms with Gasteiger partial charge in [0.05, 0.1) is 17.6 Å². The number of pyridine rings is 1. The van der Waals surface area contributed by atoms with Crippen LogP contribution < -0.4 is 5.32 Å². The Balaban J connectivity index is 1.51. The maximum atomic E-state index is 12.5. The van der Waals surface area contributed by atoms with Crippen LogP contribution in [0.2, 0.25) is 0 Å². The zero-order valence-electron chi connectivity index (χ0n) is 15.5. The topological polar surface area (TPSA) is 94.3 Å². The number of aromatic nitrogens is 5. The minimum Gasteiger partial charge on any atom is -0.370 e. The van der Waals surface area contributed by atoms with E-state index in [1.165, 1.54) is 10.4 Å². The van der Waals surface area contributed by atoms with Gasteiger partial charge in [-0.1, -0.05) is 6.07 Å². The van der Waals surface area contributed by atoms with Crippen LogP contribution in [0.25, 0.3) is 15.9 Å². The third kappa shape index (κ3) is 2.92. The van der Waals surface area contributed by atoms with Gasteiger partial charge in [0, 0.05) is 30.2 Å². The van der Waals surface area contributed by atoms with Crippen LogP contribution in [0, 0.1) is 0 Å². The quantitative estimate of drug-likeness (QED) is 0.574. The molecule has 1 aliphatic rings. The van der Waals surface area contributed by atoms with E-state index in [2.05, 4.69) is 39.2 Å². The third-order valence-corrected chi connectivity index (χ3v) is 5.90. The molecule has 0 unspecified atom stereocenters. The van der Waals surface area contributed by atoms with E-state index < -0.39 is 0 Å². The summed E-state index contributed by atoms with van der Waals surface area (Å²) >= 11 is 1.62. The molecule has 0 fully saturated rings. The van der Waals surface area contributed by atoms with E-state index in [0.717, 1.165) is 22.2 Å². The SMILES string of the molecule is CC1(C)Cc2c(sc3ncn4nc(C(=O)NCc5cccnc5)nc4c23)CO1. The molecular formula is C19H18N6O2S. The summed E-state index contributed by atoms with van der Waals surface area (Å²) in [5.74, 6) is -0.196. The van der Waals surface area contributed by atoms with Crippen LogP contribution in [-0.2, 0) is 24.3 Å². The molecule has 0 saturated carbocycles. The van der Waals surface area contributed by atoms with Gasteiger partial charge in [-0.05, 0) is 31.0 Å². The molecule has 9 heteroatoms. The summed E-state index contributed by atoms with van der Waals surface area (Å²) in [6, 6.07) is 3.73. The Morgan fingerprint density at radius 1 is 1.43 bits per heavy atom. The Labute approximate surface area is 164 Å². The van der Waals surface area contributed by atoms with Gasteiger partial charge in [-0.25, -0.2) is 14.5 Å². The zero-order chi connectivity index (χ0) is 19.3. The van der Waals surface area contributed by atoms with Crippen LogP contribution in [0.3, 0.4) is 0 Å². The molecule has 0 aliphatic carbocycles. The molecular weight excluding hydrogens is 376 g/mol. The second-order valence-corrected chi connectivity index (χ2v) is 8.48. The van der Waals surface area contributed by atoms with Crippen molar-refractivity contribution >= 4 is 33.1 Å². The van der Waals surface area contributed by atoms with Gasteiger partial charge in [0.2, 0.25) is 5.82 Å². The van der Waals surface area contributed by atoms with Crippen LogP contribution in [0.15, 0.2) is 30.9 Å². The maximum Gasteiger partial charge on any atom is 0.291 e. The molecule has 4 aromatic rings. The standard InChI is InChI=1S/C19H18N6O2S/c1-19(2)6-12-13(9-27-19)28-18-14(12)16-23-15(24-25(16)10-22-18)17(26)21-8-11-4-3-5-20-7-11/h3-5,7,10H,6,8-9H2,1-2H3,(H,21,26). The molecule has 142 valence electrons. The van der Waals surface area contributed by atoms with Gasteiger partial charge >= 0.3 is 0 Å². The smallest absolute Gasteiger partial charge is 0.291 e. The van der Waals surface area contributed by atoms with Crippen molar-refractivity contribution in [3.8, 4) is 0 Å². The van der Waals surface area contributed by atoms with E-state index in [1.54, 1.807) is 34.6 Å². The van der Waals surface area contributed by atoms with Crippen molar-refractivity contribution in [2.24, 2.45) is 0 Å². The van der Waals surface area contributed by atoms with Crippen molar-refractivity contribution in [1.82, 2.24) is 29.9 Å². The minimum absolute atomic E-state index is 0.129. The van der Waals surface area contributed by atoms with Crippen molar-refractivity contribution in [2.75, 3.05) is 0 Å². The first-order chi connectivity index (χ1) is 13.5. The second kappa shape index (κ2) is 6.32. The predicted octanol–water partition coefficient (Wildman–Crippen LogP) is 2.52. The predicted molar refractivity (Wildman–Crippen MR) is 104 cm³/mol. The second-order valence-electron chi connectivity index (χ2n) is 7.40. The molecule has 1 aliphatic heterocycles. The zero-order valence-corrected chi connectivity index (χ0v) is 16.3. The van der Waals surface area contributed by atoms with Crippen molar-refractivity contribution in [3.63, 3.8) is 0 Å². The summed E-state index contributed by atoms with van der Waals surface area (Å²) in [7, 11) is 0. The molecule has 5 heterocycles. The number of amides is 1. The third-order valence-electron chi connectivity index (χ3n) is 4.79. The van der Waals surface area contributed by atoms with E-state index in [9.17, 15) is 4.79 Å². The number of carbonyl (C=O) groups excluding carboxylic acids is 1. The number of hydrogen-bond donors (Lipinski definition) is 1. The molecule has 1 N–H and O–H groups in total. The Hall–Kier alpha value is -2.91. The van der Waals surface area contributed by atoms with Crippen molar-refractivity contribution in [2.45, 2.75) is 39.0 Å². The normalized spacial score (nSPS) is 15.6. The summed E-state index contributed by atoms with van der Waals surface area (Å²) in [6.07, 6.45) is 5.79. The molecule has 28 heavy (non-hydrogen) atoms. The average Bonchev–Trinajstić information content (AvgIpc) is 3.27. The molecule has 4 aromatic heterocycles. The first-order valence-electron chi connectivity index (χ1n) is 8.97. The number of nitrogens with one attached hydrogen (secondary N) is 1. The molecule has 0 atom stereocenters. The molecule has 0 saturated heterocycles. The lowest BCUT2D eigenvalue weighted by molar-refractivity contribution is -0.0379. The van der Waals surface area contributed by atoms with Crippen LogP contribution in [-0.4, -0.2) is 36.1 Å². The number of carbonyl (C=O) groups is 1. The number of thiophene rings is 1. The lowest BCUT2D eigenvalue weighted by Crippen LogP contribution is -2.31. The fourth-order valence-electron chi connectivity index (χ4n) is 3.40. The summed E-state index contributed by atoms with van der Waals surface area (Å²) in [5.41, 5.74) is 2.53. The van der Waals surface area contributed by atoms with Gasteiger partial charge in [0.1, 0.15) is 11.2 Å². The van der Waals surface area contributed by atoms with Crippen LogP contribution >= 0.6 is 11.3 Å². The molecule has 1 amide bonds. The summed E-state index contributed by atoms with van der Waals surface area (Å²) in [6.45, 7) is 5.10. The number of hydrogen-bond acceptors (Lipinski definition) is 7. The van der Waals surface area contributed by atoms with Gasteiger partial charge in [0.25, 0.3) is 5.91 Å². The fraction of sp³-hybridized carbons (Fsp3) is 0.316. The van der Waals surface area contributed by atoms with E-state index in [4.69, 9.17) is 4.74 Å². The lowest BCUT2D eigenvalue weighted by Gasteiger charge is -2.30. The van der Waals surface area contributed by atoms with E-state index in [-0.39, 0.29) is 17.3 Å². The Bertz CT molecular complexity index is 1200. The Morgan fingerprint density at radius 2 is 2.32 bits per heavy atom. The van der Waals surface area contributed by atoms with Gasteiger partial charge < -0.3 is 10.1 Å². The van der Waals surface area contributed by atoms with Crippen molar-refractivity contribution in [1.29, 1.82) is 0 Å². The average molecular weight is 394 g/mol. The highest BCUT2D eigenvalue weighted by Crippen LogP contribution is 2.39. The highest BCUT2D eigenvalue weighted by atomic mass is 32.1.